The quantitative estimate of drug-likeness (QED) is 0.213. The van der Waals surface area contributed by atoms with Crippen molar-refractivity contribution in [3.63, 3.8) is 0 Å². The second kappa shape index (κ2) is 19.9. The van der Waals surface area contributed by atoms with Crippen molar-refractivity contribution in [2.75, 3.05) is 0 Å². The van der Waals surface area contributed by atoms with Crippen molar-refractivity contribution in [3.8, 4) is 0 Å². The Hall–Kier alpha value is 4.22. The van der Waals surface area contributed by atoms with Crippen LogP contribution >= 0.6 is 0 Å². The smallest absolute Gasteiger partial charge is 1.00 e. The summed E-state index contributed by atoms with van der Waals surface area (Å²) in [5.41, 5.74) is 0. The minimum atomic E-state index is 0. The van der Waals surface area contributed by atoms with Crippen LogP contribution in [0.4, 0.5) is 0 Å². The molecule has 6 heteroatoms. The van der Waals surface area contributed by atoms with Gasteiger partial charge in [-0.15, -0.1) is 0 Å². The zero-order chi connectivity index (χ0) is 15.8. The maximum atomic E-state index is 2.20. The summed E-state index contributed by atoms with van der Waals surface area (Å²) in [6, 6.07) is 0. The van der Waals surface area contributed by atoms with E-state index < -0.39 is 0 Å². The monoisotopic (exact) mass is 1160 g/mol. The van der Waals surface area contributed by atoms with E-state index in [1.807, 2.05) is 0 Å². The number of halogens is 4. The SMILES string of the molecule is C[C]1[C](C)[C](C)[C](C)[C]1C.C[C]1[C](C)[C](C)[C](C)[C]1C.[I-].[I-].[I-].[I-].[Ir+3].[Ir+3]. The molecule has 0 bridgehead atoms. The van der Waals surface area contributed by atoms with Gasteiger partial charge in [-0.2, -0.15) is 0 Å². The molecule has 2 rings (SSSR count). The Labute approximate surface area is 260 Å². The molecule has 0 atom stereocenters. The van der Waals surface area contributed by atoms with Crippen LogP contribution in [0.5, 0.6) is 0 Å². The van der Waals surface area contributed by atoms with Crippen LogP contribution in [0, 0.1) is 59.2 Å². The molecule has 10 radical (unpaired) electrons. The third kappa shape index (κ3) is 10.7. The molecule has 0 amide bonds. The van der Waals surface area contributed by atoms with Crippen molar-refractivity contribution in [3.05, 3.63) is 59.2 Å². The molecule has 0 aromatic rings. The molecule has 154 valence electrons. The van der Waals surface area contributed by atoms with Gasteiger partial charge < -0.3 is 95.9 Å². The first-order valence-corrected chi connectivity index (χ1v) is 7.50. The molecule has 26 heavy (non-hydrogen) atoms. The van der Waals surface area contributed by atoms with Crippen LogP contribution in [-0.4, -0.2) is 0 Å². The minimum Gasteiger partial charge on any atom is -1.00 e. The minimum absolute atomic E-state index is 0. The van der Waals surface area contributed by atoms with Crippen molar-refractivity contribution in [2.45, 2.75) is 69.2 Å². The van der Waals surface area contributed by atoms with Crippen molar-refractivity contribution in [1.29, 1.82) is 0 Å². The molecule has 0 saturated heterocycles. The Balaban J connectivity index is -0.0000000625. The molecular weight excluding hydrogens is 1130 g/mol. The van der Waals surface area contributed by atoms with Crippen molar-refractivity contribution in [1.82, 2.24) is 0 Å². The summed E-state index contributed by atoms with van der Waals surface area (Å²) in [6.07, 6.45) is 0. The predicted molar refractivity (Wildman–Crippen MR) is 89.2 cm³/mol. The Morgan fingerprint density at radius 1 is 0.231 bits per heavy atom. The average molecular weight is 1160 g/mol. The zero-order valence-electron chi connectivity index (χ0n) is 17.2. The molecule has 0 spiro atoms. The Kier molecular flexibility index (Phi) is 33.6. The molecule has 2 aliphatic carbocycles. The molecule has 0 aromatic carbocycles. The summed E-state index contributed by atoms with van der Waals surface area (Å²) in [6.45, 7) is 22.0. The maximum Gasteiger partial charge on any atom is 3.00 e. The molecule has 0 aliphatic heterocycles. The Bertz CT molecular complexity index is 201. The third-order valence-corrected chi connectivity index (χ3v) is 5.62. The van der Waals surface area contributed by atoms with Gasteiger partial charge in [0.1, 0.15) is 0 Å². The molecule has 0 heterocycles. The van der Waals surface area contributed by atoms with Crippen LogP contribution in [0.2, 0.25) is 0 Å². The van der Waals surface area contributed by atoms with Crippen LogP contribution in [0.3, 0.4) is 0 Å². The van der Waals surface area contributed by atoms with E-state index in [2.05, 4.69) is 69.2 Å². The second-order valence-electron chi connectivity index (χ2n) is 6.25. The van der Waals surface area contributed by atoms with Gasteiger partial charge in [0, 0.05) is 0 Å². The van der Waals surface area contributed by atoms with Crippen molar-refractivity contribution in [2.24, 2.45) is 0 Å². The van der Waals surface area contributed by atoms with E-state index in [0.717, 1.165) is 0 Å². The van der Waals surface area contributed by atoms with Crippen molar-refractivity contribution < 1.29 is 136 Å². The summed E-state index contributed by atoms with van der Waals surface area (Å²) in [4.78, 5) is 0. The average Bonchev–Trinajstić information content (AvgIpc) is 2.71. The molecule has 0 N–H and O–H groups in total. The normalized spacial score (nSPS) is 21.9. The summed E-state index contributed by atoms with van der Waals surface area (Å²) < 4.78 is 0. The molecule has 2 saturated carbocycles. The van der Waals surface area contributed by atoms with Crippen LogP contribution in [-0.2, 0) is 40.2 Å². The fourth-order valence-corrected chi connectivity index (χ4v) is 2.81. The fourth-order valence-electron chi connectivity index (χ4n) is 2.81. The number of hydrogen-bond donors (Lipinski definition) is 0. The van der Waals surface area contributed by atoms with E-state index in [4.69, 9.17) is 0 Å². The first-order chi connectivity index (χ1) is 9.11. The first kappa shape index (κ1) is 44.0. The van der Waals surface area contributed by atoms with Gasteiger partial charge in [0.2, 0.25) is 0 Å². The second-order valence-corrected chi connectivity index (χ2v) is 6.25. The van der Waals surface area contributed by atoms with Gasteiger partial charge >= 0.3 is 40.2 Å². The van der Waals surface area contributed by atoms with Crippen LogP contribution in [0.25, 0.3) is 0 Å². The van der Waals surface area contributed by atoms with E-state index in [0.29, 0.717) is 0 Å². The van der Waals surface area contributed by atoms with E-state index in [1.165, 1.54) is 59.2 Å². The van der Waals surface area contributed by atoms with Gasteiger partial charge in [-0.25, -0.2) is 0 Å². The van der Waals surface area contributed by atoms with Gasteiger partial charge in [-0.3, -0.25) is 0 Å². The van der Waals surface area contributed by atoms with Gasteiger partial charge in [0.25, 0.3) is 0 Å². The molecule has 0 aromatic heterocycles. The Morgan fingerprint density at radius 3 is 0.308 bits per heavy atom. The Morgan fingerprint density at radius 2 is 0.269 bits per heavy atom. The van der Waals surface area contributed by atoms with Crippen molar-refractivity contribution >= 4 is 0 Å². The first-order valence-electron chi connectivity index (χ1n) is 7.50. The zero-order valence-corrected chi connectivity index (χ0v) is 30.6. The van der Waals surface area contributed by atoms with E-state index >= 15 is 0 Å². The standard InChI is InChI=1S/2C10H15.4HI.2Ir/c2*1-6-7(2)9(4)10(5)8(6)3;;;;;;/h2*1-5H3;4*1H;;/q;;;;;;2*+3/p-4. The summed E-state index contributed by atoms with van der Waals surface area (Å²) in [7, 11) is 0. The summed E-state index contributed by atoms with van der Waals surface area (Å²) >= 11 is 0. The number of rotatable bonds is 0. The van der Waals surface area contributed by atoms with Crippen LogP contribution in [0.15, 0.2) is 0 Å². The largest absolute Gasteiger partial charge is 3.00 e. The fraction of sp³-hybridized carbons (Fsp3) is 0.500. The predicted octanol–water partition coefficient (Wildman–Crippen LogP) is -6.05. The van der Waals surface area contributed by atoms with Gasteiger partial charge in [-0.05, 0) is 59.2 Å². The molecule has 0 unspecified atom stereocenters. The van der Waals surface area contributed by atoms with Crippen LogP contribution in [0.1, 0.15) is 69.2 Å². The van der Waals surface area contributed by atoms with E-state index in [1.54, 1.807) is 0 Å². The van der Waals surface area contributed by atoms with Gasteiger partial charge in [-0.1, -0.05) is 69.2 Å². The maximum absolute atomic E-state index is 2.20. The molecule has 2 fully saturated rings. The molecule has 0 nitrogen and oxygen atoms in total. The summed E-state index contributed by atoms with van der Waals surface area (Å²) in [5, 5.41) is 0. The summed E-state index contributed by atoms with van der Waals surface area (Å²) in [5.74, 6) is 14.7. The molecular formula is C20H30I4Ir2+2. The van der Waals surface area contributed by atoms with Gasteiger partial charge in [0.05, 0.1) is 0 Å². The molecule has 2 aliphatic rings. The third-order valence-electron chi connectivity index (χ3n) is 5.62. The van der Waals surface area contributed by atoms with E-state index in [-0.39, 0.29) is 136 Å². The van der Waals surface area contributed by atoms with Gasteiger partial charge in [0.15, 0.2) is 0 Å². The topological polar surface area (TPSA) is 0 Å². The number of hydrogen-bond acceptors (Lipinski definition) is 0. The van der Waals surface area contributed by atoms with E-state index in [9.17, 15) is 0 Å². The van der Waals surface area contributed by atoms with Crippen LogP contribution < -0.4 is 95.9 Å².